The Kier molecular flexibility index (Phi) is 8.85. The van der Waals surface area contributed by atoms with Crippen molar-refractivity contribution in [1.29, 1.82) is 0 Å². The summed E-state index contributed by atoms with van der Waals surface area (Å²) >= 11 is 2.29. The predicted octanol–water partition coefficient (Wildman–Crippen LogP) is 4.87. The van der Waals surface area contributed by atoms with Gasteiger partial charge >= 0.3 is 6.18 Å². The summed E-state index contributed by atoms with van der Waals surface area (Å²) in [5.41, 5.74) is 5.01. The Morgan fingerprint density at radius 1 is 1.10 bits per heavy atom. The number of rotatable bonds is 3. The van der Waals surface area contributed by atoms with E-state index >= 15 is 0 Å². The van der Waals surface area contributed by atoms with Crippen molar-refractivity contribution in [2.45, 2.75) is 53.3 Å². The van der Waals surface area contributed by atoms with E-state index in [4.69, 9.17) is 0 Å². The van der Waals surface area contributed by atoms with Crippen LogP contribution in [0.4, 0.5) is 13.2 Å². The molecule has 122 valence electrons. The summed E-state index contributed by atoms with van der Waals surface area (Å²) in [6.07, 6.45) is -2.74. The molecule has 21 heavy (non-hydrogen) atoms. The third kappa shape index (κ3) is 8.66. The van der Waals surface area contributed by atoms with Gasteiger partial charge < -0.3 is 5.73 Å². The SMILES string of the molecule is CC(C)(C)CCc1cc(C(F)(F)F)ccc1C[NH3+].CCI. The van der Waals surface area contributed by atoms with Gasteiger partial charge in [0.15, 0.2) is 0 Å². The molecule has 0 heterocycles. The molecule has 1 nitrogen and oxygen atoms in total. The maximum atomic E-state index is 12.7. The van der Waals surface area contributed by atoms with E-state index in [0.29, 0.717) is 13.0 Å². The molecule has 0 saturated heterocycles. The highest BCUT2D eigenvalue weighted by molar-refractivity contribution is 14.1. The lowest BCUT2D eigenvalue weighted by Gasteiger charge is -2.19. The molecular weight excluding hydrogens is 390 g/mol. The summed E-state index contributed by atoms with van der Waals surface area (Å²) in [7, 11) is 0. The van der Waals surface area contributed by atoms with Crippen LogP contribution in [0.25, 0.3) is 0 Å². The summed E-state index contributed by atoms with van der Waals surface area (Å²) in [4.78, 5) is 0. The van der Waals surface area contributed by atoms with Gasteiger partial charge in [-0.05, 0) is 40.4 Å². The minimum atomic E-state index is -4.27. The maximum Gasteiger partial charge on any atom is 0.416 e. The third-order valence-electron chi connectivity index (χ3n) is 2.95. The smallest absolute Gasteiger partial charge is 0.354 e. The fourth-order valence-electron chi connectivity index (χ4n) is 1.79. The molecule has 3 N–H and O–H groups in total. The zero-order valence-electron chi connectivity index (χ0n) is 13.3. The molecule has 0 radical (unpaired) electrons. The second-order valence-corrected chi connectivity index (χ2v) is 7.58. The lowest BCUT2D eigenvalue weighted by molar-refractivity contribution is -0.386. The lowest BCUT2D eigenvalue weighted by atomic mass is 9.87. The van der Waals surface area contributed by atoms with Crippen LogP contribution in [0.15, 0.2) is 18.2 Å². The van der Waals surface area contributed by atoms with E-state index in [2.05, 4.69) is 56.0 Å². The maximum absolute atomic E-state index is 12.7. The van der Waals surface area contributed by atoms with Gasteiger partial charge in [0, 0.05) is 5.56 Å². The number of halogens is 4. The monoisotopic (exact) mass is 416 g/mol. The summed E-state index contributed by atoms with van der Waals surface area (Å²) in [6, 6.07) is 3.96. The van der Waals surface area contributed by atoms with Crippen LogP contribution in [0.2, 0.25) is 0 Å². The first-order valence-electron chi connectivity index (χ1n) is 7.09. The van der Waals surface area contributed by atoms with Crippen molar-refractivity contribution in [3.8, 4) is 0 Å². The van der Waals surface area contributed by atoms with Crippen LogP contribution in [0.1, 0.15) is 50.8 Å². The van der Waals surface area contributed by atoms with Gasteiger partial charge in [0.25, 0.3) is 0 Å². The summed E-state index contributed by atoms with van der Waals surface area (Å²) in [5, 5.41) is 0. The van der Waals surface area contributed by atoms with Crippen LogP contribution in [-0.4, -0.2) is 4.43 Å². The van der Waals surface area contributed by atoms with Crippen molar-refractivity contribution < 1.29 is 18.9 Å². The molecule has 0 bridgehead atoms. The summed E-state index contributed by atoms with van der Waals surface area (Å²) in [5.74, 6) is 0. The van der Waals surface area contributed by atoms with Gasteiger partial charge in [0.1, 0.15) is 0 Å². The molecule has 0 unspecified atom stereocenters. The van der Waals surface area contributed by atoms with E-state index in [9.17, 15) is 13.2 Å². The van der Waals surface area contributed by atoms with Crippen molar-refractivity contribution in [2.75, 3.05) is 4.43 Å². The van der Waals surface area contributed by atoms with E-state index in [-0.39, 0.29) is 5.41 Å². The largest absolute Gasteiger partial charge is 0.416 e. The second-order valence-electron chi connectivity index (χ2n) is 6.06. The molecule has 5 heteroatoms. The van der Waals surface area contributed by atoms with Gasteiger partial charge in [0.05, 0.1) is 12.1 Å². The quantitative estimate of drug-likeness (QED) is 0.538. The number of hydrogen-bond donors (Lipinski definition) is 1. The minimum Gasteiger partial charge on any atom is -0.354 e. The molecule has 0 aromatic heterocycles. The normalized spacial score (nSPS) is 11.9. The van der Waals surface area contributed by atoms with Crippen LogP contribution in [-0.2, 0) is 19.1 Å². The number of benzene rings is 1. The Morgan fingerprint density at radius 2 is 1.62 bits per heavy atom. The van der Waals surface area contributed by atoms with Gasteiger partial charge in [-0.25, -0.2) is 0 Å². The topological polar surface area (TPSA) is 27.6 Å². The molecule has 0 aliphatic carbocycles. The standard InChI is InChI=1S/C14H20F3N.C2H5I/c1-13(2,3)7-6-10-8-12(14(15,16)17)5-4-11(10)9-18;1-2-3/h4-5,8H,6-7,9,18H2,1-3H3;2H2,1H3/p+1. The highest BCUT2D eigenvalue weighted by atomic mass is 127. The van der Waals surface area contributed by atoms with Crippen molar-refractivity contribution in [1.82, 2.24) is 0 Å². The first kappa shape index (κ1) is 20.7. The van der Waals surface area contributed by atoms with E-state index in [0.717, 1.165) is 23.6 Å². The molecule has 0 aliphatic heterocycles. The van der Waals surface area contributed by atoms with Crippen molar-refractivity contribution >= 4 is 22.6 Å². The summed E-state index contributed by atoms with van der Waals surface area (Å²) in [6.45, 7) is 8.90. The molecule has 0 aliphatic rings. The molecular formula is C16H26F3IN+. The number of alkyl halides is 4. The predicted molar refractivity (Wildman–Crippen MR) is 90.4 cm³/mol. The highest BCUT2D eigenvalue weighted by Crippen LogP contribution is 2.31. The van der Waals surface area contributed by atoms with E-state index in [1.54, 1.807) is 6.07 Å². The third-order valence-corrected chi connectivity index (χ3v) is 2.95. The Hall–Kier alpha value is -0.300. The molecule has 1 aromatic rings. The molecule has 0 spiro atoms. The van der Waals surface area contributed by atoms with Crippen LogP contribution < -0.4 is 5.73 Å². The first-order chi connectivity index (χ1) is 9.55. The molecule has 1 aromatic carbocycles. The van der Waals surface area contributed by atoms with Gasteiger partial charge in [0.2, 0.25) is 0 Å². The Bertz CT molecular complexity index is 423. The van der Waals surface area contributed by atoms with Gasteiger partial charge in [-0.2, -0.15) is 13.2 Å². The van der Waals surface area contributed by atoms with E-state index in [1.807, 2.05) is 0 Å². The fraction of sp³-hybridized carbons (Fsp3) is 0.625. The van der Waals surface area contributed by atoms with Crippen LogP contribution >= 0.6 is 22.6 Å². The van der Waals surface area contributed by atoms with Crippen molar-refractivity contribution in [3.05, 3.63) is 34.9 Å². The van der Waals surface area contributed by atoms with Crippen LogP contribution in [0, 0.1) is 5.41 Å². The molecule has 0 atom stereocenters. The Labute approximate surface area is 139 Å². The van der Waals surface area contributed by atoms with E-state index in [1.165, 1.54) is 10.5 Å². The second kappa shape index (κ2) is 8.98. The molecule has 1 rings (SSSR count). The fourth-order valence-corrected chi connectivity index (χ4v) is 1.79. The van der Waals surface area contributed by atoms with Crippen molar-refractivity contribution in [2.24, 2.45) is 5.41 Å². The first-order valence-corrected chi connectivity index (χ1v) is 8.62. The molecule has 0 saturated carbocycles. The molecule has 0 amide bonds. The minimum absolute atomic E-state index is 0.118. The lowest BCUT2D eigenvalue weighted by Crippen LogP contribution is -2.47. The average Bonchev–Trinajstić information content (AvgIpc) is 2.35. The van der Waals surface area contributed by atoms with Crippen LogP contribution in [0.5, 0.6) is 0 Å². The number of aryl methyl sites for hydroxylation is 1. The Morgan fingerprint density at radius 3 is 2.00 bits per heavy atom. The van der Waals surface area contributed by atoms with Crippen molar-refractivity contribution in [3.63, 3.8) is 0 Å². The van der Waals surface area contributed by atoms with Gasteiger partial charge in [-0.3, -0.25) is 0 Å². The van der Waals surface area contributed by atoms with Gasteiger partial charge in [-0.1, -0.05) is 56.4 Å². The zero-order valence-corrected chi connectivity index (χ0v) is 15.4. The zero-order chi connectivity index (χ0) is 16.7. The number of hydrogen-bond acceptors (Lipinski definition) is 0. The number of quaternary nitrogens is 1. The van der Waals surface area contributed by atoms with Crippen LogP contribution in [0.3, 0.4) is 0 Å². The Balaban J connectivity index is 0.00000122. The summed E-state index contributed by atoms with van der Waals surface area (Å²) < 4.78 is 39.2. The van der Waals surface area contributed by atoms with Gasteiger partial charge in [-0.15, -0.1) is 0 Å². The average molecular weight is 416 g/mol. The molecule has 0 fully saturated rings. The van der Waals surface area contributed by atoms with E-state index < -0.39 is 11.7 Å². The highest BCUT2D eigenvalue weighted by Gasteiger charge is 2.31.